The molecule has 0 bridgehead atoms. The first kappa shape index (κ1) is 17.5. The third kappa shape index (κ3) is 3.92. The predicted molar refractivity (Wildman–Crippen MR) is 104 cm³/mol. The summed E-state index contributed by atoms with van der Waals surface area (Å²) in [4.78, 5) is 11.0. The first-order valence-corrected chi connectivity index (χ1v) is 8.95. The van der Waals surface area contributed by atoms with Crippen molar-refractivity contribution in [2.45, 2.75) is 18.8 Å². The second-order valence-electron chi connectivity index (χ2n) is 6.62. The Hall–Kier alpha value is -2.96. The van der Waals surface area contributed by atoms with Crippen LogP contribution in [0.15, 0.2) is 67.0 Å². The molecule has 0 aliphatic carbocycles. The average Bonchev–Trinajstić information content (AvgIpc) is 2.74. The van der Waals surface area contributed by atoms with Crippen LogP contribution in [0.5, 0.6) is 0 Å². The van der Waals surface area contributed by atoms with Crippen molar-refractivity contribution in [3.8, 4) is 0 Å². The van der Waals surface area contributed by atoms with Crippen molar-refractivity contribution >= 4 is 11.4 Å². The number of rotatable bonds is 4. The van der Waals surface area contributed by atoms with E-state index in [-0.39, 0.29) is 18.8 Å². The third-order valence-corrected chi connectivity index (χ3v) is 4.72. The maximum absolute atomic E-state index is 9.47. The fourth-order valence-corrected chi connectivity index (χ4v) is 3.39. The molecule has 6 nitrogen and oxygen atoms in total. The Labute approximate surface area is 158 Å². The Morgan fingerprint density at radius 3 is 2.56 bits per heavy atom. The molecule has 0 radical (unpaired) electrons. The highest BCUT2D eigenvalue weighted by atomic mass is 16.5. The van der Waals surface area contributed by atoms with Gasteiger partial charge >= 0.3 is 0 Å². The van der Waals surface area contributed by atoms with E-state index in [0.717, 1.165) is 22.5 Å². The van der Waals surface area contributed by atoms with Gasteiger partial charge in [-0.25, -0.2) is 9.97 Å². The molecule has 2 aromatic carbocycles. The van der Waals surface area contributed by atoms with Crippen molar-refractivity contribution in [1.29, 1.82) is 0 Å². The van der Waals surface area contributed by atoms with Crippen LogP contribution < -0.4 is 10.6 Å². The van der Waals surface area contributed by atoms with Gasteiger partial charge in [-0.15, -0.1) is 0 Å². The van der Waals surface area contributed by atoms with Crippen LogP contribution in [0.4, 0.5) is 11.4 Å². The SMILES string of the molecule is Nc1cccc(N2CC(c3cccc(CO)c3)OC(c3ncccn3)C2)c1. The van der Waals surface area contributed by atoms with Crippen LogP contribution in [0, 0.1) is 0 Å². The summed E-state index contributed by atoms with van der Waals surface area (Å²) >= 11 is 0. The van der Waals surface area contributed by atoms with Crippen molar-refractivity contribution in [1.82, 2.24) is 9.97 Å². The number of aromatic nitrogens is 2. The molecule has 1 aliphatic heterocycles. The molecule has 0 amide bonds. The summed E-state index contributed by atoms with van der Waals surface area (Å²) in [5.74, 6) is 0.661. The molecule has 0 spiro atoms. The lowest BCUT2D eigenvalue weighted by Crippen LogP contribution is -2.40. The van der Waals surface area contributed by atoms with Crippen LogP contribution in [0.25, 0.3) is 0 Å². The monoisotopic (exact) mass is 362 g/mol. The zero-order chi connectivity index (χ0) is 18.6. The first-order valence-electron chi connectivity index (χ1n) is 8.95. The van der Waals surface area contributed by atoms with E-state index in [0.29, 0.717) is 18.9 Å². The van der Waals surface area contributed by atoms with Crippen molar-refractivity contribution in [3.63, 3.8) is 0 Å². The summed E-state index contributed by atoms with van der Waals surface area (Å²) in [6, 6.07) is 17.5. The van der Waals surface area contributed by atoms with Gasteiger partial charge in [0.25, 0.3) is 0 Å². The number of morpholine rings is 1. The van der Waals surface area contributed by atoms with Gasteiger partial charge in [-0.1, -0.05) is 30.3 Å². The minimum Gasteiger partial charge on any atom is -0.399 e. The number of nitrogens with zero attached hydrogens (tertiary/aromatic N) is 3. The molecular formula is C21H22N4O2. The van der Waals surface area contributed by atoms with E-state index in [1.165, 1.54) is 0 Å². The van der Waals surface area contributed by atoms with Gasteiger partial charge in [-0.05, 0) is 35.4 Å². The van der Waals surface area contributed by atoms with Crippen molar-refractivity contribution in [2.24, 2.45) is 0 Å². The van der Waals surface area contributed by atoms with Crippen molar-refractivity contribution < 1.29 is 9.84 Å². The second kappa shape index (κ2) is 7.73. The number of anilines is 2. The van der Waals surface area contributed by atoms with Crippen LogP contribution in [-0.4, -0.2) is 28.2 Å². The minimum absolute atomic E-state index is 0.00468. The predicted octanol–water partition coefficient (Wildman–Crippen LogP) is 2.87. The van der Waals surface area contributed by atoms with Gasteiger partial charge < -0.3 is 20.5 Å². The molecule has 6 heteroatoms. The number of aliphatic hydroxyl groups excluding tert-OH is 1. The Kier molecular flexibility index (Phi) is 5.00. The quantitative estimate of drug-likeness (QED) is 0.694. The number of benzene rings is 2. The lowest BCUT2D eigenvalue weighted by atomic mass is 10.0. The van der Waals surface area contributed by atoms with Gasteiger partial charge in [0.05, 0.1) is 13.2 Å². The van der Waals surface area contributed by atoms with Crippen molar-refractivity contribution in [2.75, 3.05) is 23.7 Å². The Morgan fingerprint density at radius 1 is 1.00 bits per heavy atom. The standard InChI is InChI=1S/C21H22N4O2/c22-17-6-2-7-18(11-17)25-12-19(16-5-1-4-15(10-16)14-26)27-20(13-25)21-23-8-3-9-24-21/h1-11,19-20,26H,12-14,22H2. The van der Waals surface area contributed by atoms with Gasteiger partial charge in [0, 0.05) is 30.3 Å². The zero-order valence-corrected chi connectivity index (χ0v) is 14.9. The number of ether oxygens (including phenoxy) is 1. The molecule has 3 N–H and O–H groups in total. The van der Waals surface area contributed by atoms with E-state index in [2.05, 4.69) is 14.9 Å². The zero-order valence-electron chi connectivity index (χ0n) is 14.9. The van der Waals surface area contributed by atoms with E-state index in [9.17, 15) is 5.11 Å². The van der Waals surface area contributed by atoms with Gasteiger partial charge in [-0.2, -0.15) is 0 Å². The fourth-order valence-electron chi connectivity index (χ4n) is 3.39. The Morgan fingerprint density at radius 2 is 1.78 bits per heavy atom. The van der Waals surface area contributed by atoms with Crippen LogP contribution in [0.3, 0.4) is 0 Å². The number of aliphatic hydroxyl groups is 1. The van der Waals surface area contributed by atoms with Crippen LogP contribution in [-0.2, 0) is 11.3 Å². The molecule has 4 rings (SSSR count). The van der Waals surface area contributed by atoms with E-state index in [1.54, 1.807) is 18.5 Å². The van der Waals surface area contributed by atoms with Crippen LogP contribution >= 0.6 is 0 Å². The topological polar surface area (TPSA) is 84.5 Å². The summed E-state index contributed by atoms with van der Waals surface area (Å²) in [7, 11) is 0. The first-order chi connectivity index (χ1) is 13.2. The highest BCUT2D eigenvalue weighted by Crippen LogP contribution is 2.34. The fraction of sp³-hybridized carbons (Fsp3) is 0.238. The molecule has 0 saturated carbocycles. The van der Waals surface area contributed by atoms with Gasteiger partial charge in [0.2, 0.25) is 0 Å². The largest absolute Gasteiger partial charge is 0.399 e. The van der Waals surface area contributed by atoms with Crippen molar-refractivity contribution in [3.05, 3.63) is 83.9 Å². The number of hydrogen-bond acceptors (Lipinski definition) is 6. The maximum Gasteiger partial charge on any atom is 0.158 e. The Balaban J connectivity index is 1.68. The molecular weight excluding hydrogens is 340 g/mol. The molecule has 1 fully saturated rings. The summed E-state index contributed by atoms with van der Waals surface area (Å²) < 4.78 is 6.36. The molecule has 2 atom stereocenters. The molecule has 27 heavy (non-hydrogen) atoms. The second-order valence-corrected chi connectivity index (χ2v) is 6.62. The highest BCUT2D eigenvalue weighted by Gasteiger charge is 2.31. The lowest BCUT2D eigenvalue weighted by molar-refractivity contribution is -0.0338. The molecule has 1 aromatic heterocycles. The summed E-state index contributed by atoms with van der Waals surface area (Å²) in [5.41, 5.74) is 9.65. The van der Waals surface area contributed by atoms with Gasteiger partial charge in [0.15, 0.2) is 5.82 Å². The smallest absolute Gasteiger partial charge is 0.158 e. The van der Waals surface area contributed by atoms with E-state index >= 15 is 0 Å². The molecule has 2 unspecified atom stereocenters. The normalized spacial score (nSPS) is 19.8. The number of hydrogen-bond donors (Lipinski definition) is 2. The number of nitrogen functional groups attached to an aromatic ring is 1. The molecule has 2 heterocycles. The third-order valence-electron chi connectivity index (χ3n) is 4.72. The molecule has 1 saturated heterocycles. The molecule has 1 aliphatic rings. The van der Waals surface area contributed by atoms with E-state index in [1.807, 2.05) is 48.5 Å². The summed E-state index contributed by atoms with van der Waals surface area (Å²) in [6.45, 7) is 1.33. The Bertz CT molecular complexity index is 903. The van der Waals surface area contributed by atoms with Crippen LogP contribution in [0.1, 0.15) is 29.2 Å². The van der Waals surface area contributed by atoms with E-state index < -0.39 is 0 Å². The van der Waals surface area contributed by atoms with Gasteiger partial charge in [0.1, 0.15) is 12.2 Å². The van der Waals surface area contributed by atoms with Gasteiger partial charge in [-0.3, -0.25) is 0 Å². The molecule has 138 valence electrons. The molecule has 3 aromatic rings. The summed E-state index contributed by atoms with van der Waals surface area (Å²) in [6.07, 6.45) is 3.03. The minimum atomic E-state index is -0.260. The lowest BCUT2D eigenvalue weighted by Gasteiger charge is -2.39. The average molecular weight is 362 g/mol. The summed E-state index contributed by atoms with van der Waals surface area (Å²) in [5, 5.41) is 9.47. The highest BCUT2D eigenvalue weighted by molar-refractivity contribution is 5.56. The van der Waals surface area contributed by atoms with E-state index in [4.69, 9.17) is 10.5 Å². The maximum atomic E-state index is 9.47. The van der Waals surface area contributed by atoms with Crippen LogP contribution in [0.2, 0.25) is 0 Å². The number of nitrogens with two attached hydrogens (primary N) is 1.